The Labute approximate surface area is 179 Å². The van der Waals surface area contributed by atoms with Crippen LogP contribution in [0.1, 0.15) is 55.5 Å². The lowest BCUT2D eigenvalue weighted by Gasteiger charge is -2.32. The minimum absolute atomic E-state index is 0.0350. The highest BCUT2D eigenvalue weighted by atomic mass is 16.2. The fourth-order valence-corrected chi connectivity index (χ4v) is 4.84. The second kappa shape index (κ2) is 9.60. The highest BCUT2D eigenvalue weighted by Gasteiger charge is 2.26. The zero-order chi connectivity index (χ0) is 20.9. The first-order chi connectivity index (χ1) is 14.6. The molecule has 2 aliphatic rings. The molecule has 7 heteroatoms. The van der Waals surface area contributed by atoms with Crippen molar-refractivity contribution in [3.05, 3.63) is 47.5 Å². The molecule has 2 aromatic rings. The number of aromatic nitrogens is 3. The Kier molecular flexibility index (Phi) is 6.67. The number of piperidine rings is 2. The number of urea groups is 1. The molecule has 0 radical (unpaired) electrons. The average molecular weight is 411 g/mol. The van der Waals surface area contributed by atoms with Crippen molar-refractivity contribution >= 4 is 6.03 Å². The molecule has 1 aromatic carbocycles. The fraction of sp³-hybridized carbons (Fsp3) is 0.609. The Morgan fingerprint density at radius 1 is 1.13 bits per heavy atom. The molecule has 2 aliphatic heterocycles. The van der Waals surface area contributed by atoms with E-state index in [9.17, 15) is 4.79 Å². The maximum Gasteiger partial charge on any atom is 0.317 e. The number of aryl methyl sites for hydroxylation is 1. The molecule has 2 fully saturated rings. The van der Waals surface area contributed by atoms with Crippen molar-refractivity contribution in [1.29, 1.82) is 0 Å². The van der Waals surface area contributed by atoms with Crippen molar-refractivity contribution in [2.45, 2.75) is 51.6 Å². The normalized spacial score (nSPS) is 21.0. The summed E-state index contributed by atoms with van der Waals surface area (Å²) in [5.41, 5.74) is 2.55. The van der Waals surface area contributed by atoms with Crippen LogP contribution in [0.2, 0.25) is 0 Å². The second-order valence-electron chi connectivity index (χ2n) is 8.97. The van der Waals surface area contributed by atoms with Crippen LogP contribution in [0.3, 0.4) is 0 Å². The van der Waals surface area contributed by atoms with Gasteiger partial charge >= 0.3 is 6.03 Å². The lowest BCUT2D eigenvalue weighted by molar-refractivity contribution is 0.175. The Balaban J connectivity index is 1.29. The van der Waals surface area contributed by atoms with Gasteiger partial charge < -0.3 is 14.8 Å². The first-order valence-corrected chi connectivity index (χ1v) is 11.3. The summed E-state index contributed by atoms with van der Waals surface area (Å²) in [6, 6.07) is 8.55. The highest BCUT2D eigenvalue weighted by molar-refractivity contribution is 5.74. The van der Waals surface area contributed by atoms with Crippen LogP contribution in [0.25, 0.3) is 0 Å². The van der Waals surface area contributed by atoms with Gasteiger partial charge in [0.05, 0.1) is 0 Å². The zero-order valence-electron chi connectivity index (χ0n) is 18.3. The van der Waals surface area contributed by atoms with E-state index in [1.165, 1.54) is 37.1 Å². The quantitative estimate of drug-likeness (QED) is 0.822. The standard InChI is InChI=1S/C23H34N6O/c1-18-6-5-11-28(15-18)16-21-8-4-3-7-20(21)14-24-23(30)29-12-9-19(10-13-29)22-26-25-17-27(22)2/h3-4,7-8,17-19H,5-6,9-16H2,1-2H3,(H,24,30). The van der Waals surface area contributed by atoms with Crippen molar-refractivity contribution in [1.82, 2.24) is 29.9 Å². The van der Waals surface area contributed by atoms with Crippen LogP contribution < -0.4 is 5.32 Å². The first-order valence-electron chi connectivity index (χ1n) is 11.3. The Hall–Kier alpha value is -2.41. The molecule has 162 valence electrons. The number of benzene rings is 1. The lowest BCUT2D eigenvalue weighted by Crippen LogP contribution is -2.44. The van der Waals surface area contributed by atoms with Gasteiger partial charge in [0.2, 0.25) is 0 Å². The molecule has 1 N–H and O–H groups in total. The minimum atomic E-state index is 0.0350. The van der Waals surface area contributed by atoms with Gasteiger partial charge in [-0.05, 0) is 49.3 Å². The number of nitrogens with zero attached hydrogens (tertiary/aromatic N) is 5. The van der Waals surface area contributed by atoms with Gasteiger partial charge in [0.25, 0.3) is 0 Å². The summed E-state index contributed by atoms with van der Waals surface area (Å²) in [7, 11) is 1.98. The number of carbonyl (C=O) groups is 1. The fourth-order valence-electron chi connectivity index (χ4n) is 4.84. The van der Waals surface area contributed by atoms with Gasteiger partial charge in [0.1, 0.15) is 12.2 Å². The van der Waals surface area contributed by atoms with Gasteiger partial charge in [0, 0.05) is 45.7 Å². The predicted molar refractivity (Wildman–Crippen MR) is 117 cm³/mol. The number of likely N-dealkylation sites (tertiary alicyclic amines) is 2. The molecule has 2 saturated heterocycles. The number of carbonyl (C=O) groups excluding carboxylic acids is 1. The Morgan fingerprint density at radius 2 is 1.90 bits per heavy atom. The van der Waals surface area contributed by atoms with E-state index in [0.717, 1.165) is 44.2 Å². The smallest absolute Gasteiger partial charge is 0.317 e. The van der Waals surface area contributed by atoms with E-state index in [2.05, 4.69) is 51.6 Å². The van der Waals surface area contributed by atoms with Crippen molar-refractivity contribution < 1.29 is 4.79 Å². The third-order valence-corrected chi connectivity index (χ3v) is 6.58. The maximum atomic E-state index is 12.7. The number of hydrogen-bond donors (Lipinski definition) is 1. The summed E-state index contributed by atoms with van der Waals surface area (Å²) in [5, 5.41) is 11.4. The van der Waals surface area contributed by atoms with Crippen LogP contribution in [0, 0.1) is 5.92 Å². The van der Waals surface area contributed by atoms with Crippen LogP contribution >= 0.6 is 0 Å². The van der Waals surface area contributed by atoms with Crippen molar-refractivity contribution in [3.63, 3.8) is 0 Å². The summed E-state index contributed by atoms with van der Waals surface area (Å²) < 4.78 is 1.99. The molecule has 1 atom stereocenters. The summed E-state index contributed by atoms with van der Waals surface area (Å²) >= 11 is 0. The molecule has 30 heavy (non-hydrogen) atoms. The number of amides is 2. The summed E-state index contributed by atoms with van der Waals surface area (Å²) in [4.78, 5) is 17.2. The van der Waals surface area contributed by atoms with E-state index in [1.54, 1.807) is 6.33 Å². The van der Waals surface area contributed by atoms with E-state index in [1.807, 2.05) is 16.5 Å². The topological polar surface area (TPSA) is 66.3 Å². The zero-order valence-corrected chi connectivity index (χ0v) is 18.3. The predicted octanol–water partition coefficient (Wildman–Crippen LogP) is 3.14. The monoisotopic (exact) mass is 410 g/mol. The molecule has 0 bridgehead atoms. The lowest BCUT2D eigenvalue weighted by atomic mass is 9.96. The third-order valence-electron chi connectivity index (χ3n) is 6.58. The van der Waals surface area contributed by atoms with Gasteiger partial charge in [-0.2, -0.15) is 0 Å². The van der Waals surface area contributed by atoms with E-state index in [4.69, 9.17) is 0 Å². The van der Waals surface area contributed by atoms with E-state index in [0.29, 0.717) is 12.5 Å². The molecule has 0 aliphatic carbocycles. The molecule has 1 aromatic heterocycles. The summed E-state index contributed by atoms with van der Waals surface area (Å²) in [5.74, 6) is 2.18. The molecule has 4 rings (SSSR count). The molecule has 0 spiro atoms. The van der Waals surface area contributed by atoms with Gasteiger partial charge in [-0.1, -0.05) is 31.2 Å². The third kappa shape index (κ3) is 5.01. The molecule has 2 amide bonds. The van der Waals surface area contributed by atoms with Crippen LogP contribution in [0.5, 0.6) is 0 Å². The summed E-state index contributed by atoms with van der Waals surface area (Å²) in [6.07, 6.45) is 6.23. The van der Waals surface area contributed by atoms with Gasteiger partial charge in [-0.15, -0.1) is 10.2 Å². The van der Waals surface area contributed by atoms with Crippen molar-refractivity contribution in [2.75, 3.05) is 26.2 Å². The Morgan fingerprint density at radius 3 is 2.60 bits per heavy atom. The minimum Gasteiger partial charge on any atom is -0.334 e. The van der Waals surface area contributed by atoms with Crippen LogP contribution in [-0.4, -0.2) is 56.8 Å². The number of rotatable bonds is 5. The highest BCUT2D eigenvalue weighted by Crippen LogP contribution is 2.26. The van der Waals surface area contributed by atoms with E-state index in [-0.39, 0.29) is 6.03 Å². The van der Waals surface area contributed by atoms with Crippen LogP contribution in [0.15, 0.2) is 30.6 Å². The number of hydrogen-bond acceptors (Lipinski definition) is 4. The van der Waals surface area contributed by atoms with E-state index < -0.39 is 0 Å². The average Bonchev–Trinajstić information content (AvgIpc) is 3.19. The molecule has 0 saturated carbocycles. The largest absolute Gasteiger partial charge is 0.334 e. The van der Waals surface area contributed by atoms with Crippen LogP contribution in [-0.2, 0) is 20.1 Å². The van der Waals surface area contributed by atoms with Gasteiger partial charge in [-0.3, -0.25) is 4.90 Å². The Bertz CT molecular complexity index is 842. The molecule has 1 unspecified atom stereocenters. The molecular weight excluding hydrogens is 376 g/mol. The first kappa shape index (κ1) is 20.8. The number of nitrogens with one attached hydrogen (secondary N) is 1. The van der Waals surface area contributed by atoms with Gasteiger partial charge in [0.15, 0.2) is 0 Å². The molecule has 7 nitrogen and oxygen atoms in total. The molecule has 3 heterocycles. The maximum absolute atomic E-state index is 12.7. The van der Waals surface area contributed by atoms with Gasteiger partial charge in [-0.25, -0.2) is 4.79 Å². The second-order valence-corrected chi connectivity index (χ2v) is 8.97. The van der Waals surface area contributed by atoms with Crippen molar-refractivity contribution in [2.24, 2.45) is 13.0 Å². The SMILES string of the molecule is CC1CCCN(Cc2ccccc2CNC(=O)N2CCC(c3nncn3C)CC2)C1. The summed E-state index contributed by atoms with van der Waals surface area (Å²) in [6.45, 7) is 7.76. The van der Waals surface area contributed by atoms with Crippen LogP contribution in [0.4, 0.5) is 4.79 Å². The van der Waals surface area contributed by atoms with Crippen molar-refractivity contribution in [3.8, 4) is 0 Å². The van der Waals surface area contributed by atoms with E-state index >= 15 is 0 Å². The molecular formula is C23H34N6O.